The Kier molecular flexibility index (Phi) is 5.38. The highest BCUT2D eigenvalue weighted by atomic mass is 16.5. The average molecular weight is 269 g/mol. The number of methoxy groups -OCH3 is 1. The molecule has 110 valence electrons. The van der Waals surface area contributed by atoms with E-state index in [1.54, 1.807) is 11.8 Å². The lowest BCUT2D eigenvalue weighted by Gasteiger charge is -2.31. The lowest BCUT2D eigenvalue weighted by atomic mass is 9.85. The normalized spacial score (nSPS) is 13.6. The highest BCUT2D eigenvalue weighted by Gasteiger charge is 2.24. The van der Waals surface area contributed by atoms with Crippen molar-refractivity contribution in [2.45, 2.75) is 46.7 Å². The first-order valence-electron chi connectivity index (χ1n) is 6.72. The van der Waals surface area contributed by atoms with Crippen LogP contribution in [0.2, 0.25) is 0 Å². The fourth-order valence-corrected chi connectivity index (χ4v) is 2.34. The number of aliphatic hydroxyl groups is 1. The zero-order chi connectivity index (χ0) is 14.6. The van der Waals surface area contributed by atoms with E-state index in [0.29, 0.717) is 6.54 Å². The maximum atomic E-state index is 9.18. The molecule has 0 bridgehead atoms. The molecule has 0 amide bonds. The van der Waals surface area contributed by atoms with Gasteiger partial charge in [-0.1, -0.05) is 20.8 Å². The number of aryl methyl sites for hydroxylation is 2. The van der Waals surface area contributed by atoms with Crippen molar-refractivity contribution in [2.24, 2.45) is 12.5 Å². The van der Waals surface area contributed by atoms with Crippen LogP contribution >= 0.6 is 0 Å². The number of nitrogens with one attached hydrogen (secondary N) is 1. The first-order valence-corrected chi connectivity index (χ1v) is 6.72. The maximum absolute atomic E-state index is 9.18. The molecule has 0 aliphatic heterocycles. The van der Waals surface area contributed by atoms with E-state index in [-0.39, 0.29) is 18.1 Å². The van der Waals surface area contributed by atoms with Crippen molar-refractivity contribution < 1.29 is 9.84 Å². The van der Waals surface area contributed by atoms with Gasteiger partial charge in [-0.05, 0) is 18.8 Å². The number of aliphatic hydroxyl groups excluding tert-OH is 1. The summed E-state index contributed by atoms with van der Waals surface area (Å²) in [5.41, 5.74) is 2.16. The standard InChI is InChI=1S/C14H27N3O2/c1-10-11(13(19-6)17(5)16-10)9-15-12(7-8-18)14(2,3)4/h12,15,18H,7-9H2,1-6H3. The van der Waals surface area contributed by atoms with E-state index in [4.69, 9.17) is 4.74 Å². The van der Waals surface area contributed by atoms with Crippen LogP contribution in [0, 0.1) is 12.3 Å². The molecule has 5 heteroatoms. The molecule has 1 rings (SSSR count). The van der Waals surface area contributed by atoms with Crippen molar-refractivity contribution in [3.8, 4) is 5.88 Å². The third kappa shape index (κ3) is 3.94. The molecule has 0 aliphatic carbocycles. The lowest BCUT2D eigenvalue weighted by Crippen LogP contribution is -2.40. The SMILES string of the molecule is COc1c(CNC(CCO)C(C)(C)C)c(C)nn1C. The van der Waals surface area contributed by atoms with Gasteiger partial charge in [0.15, 0.2) is 0 Å². The van der Waals surface area contributed by atoms with Crippen molar-refractivity contribution in [1.82, 2.24) is 15.1 Å². The molecular formula is C14H27N3O2. The zero-order valence-corrected chi connectivity index (χ0v) is 12.9. The minimum Gasteiger partial charge on any atom is -0.481 e. The second-order valence-electron chi connectivity index (χ2n) is 6.01. The summed E-state index contributed by atoms with van der Waals surface area (Å²) in [6, 6.07) is 0.252. The first-order chi connectivity index (χ1) is 8.81. The van der Waals surface area contributed by atoms with Crippen molar-refractivity contribution in [1.29, 1.82) is 0 Å². The van der Waals surface area contributed by atoms with Crippen molar-refractivity contribution in [2.75, 3.05) is 13.7 Å². The molecule has 0 aliphatic rings. The molecule has 0 radical (unpaired) electrons. The molecule has 0 fully saturated rings. The predicted molar refractivity (Wildman–Crippen MR) is 76.3 cm³/mol. The second-order valence-corrected chi connectivity index (χ2v) is 6.01. The Hall–Kier alpha value is -1.07. The van der Waals surface area contributed by atoms with Crippen LogP contribution in [-0.4, -0.2) is 34.6 Å². The van der Waals surface area contributed by atoms with E-state index in [9.17, 15) is 5.11 Å². The summed E-state index contributed by atoms with van der Waals surface area (Å²) in [6.07, 6.45) is 0.741. The van der Waals surface area contributed by atoms with Crippen LogP contribution in [-0.2, 0) is 13.6 Å². The van der Waals surface area contributed by atoms with E-state index in [1.165, 1.54) is 0 Å². The molecule has 1 heterocycles. The summed E-state index contributed by atoms with van der Waals surface area (Å²) in [7, 11) is 3.54. The highest BCUT2D eigenvalue weighted by Crippen LogP contribution is 2.25. The van der Waals surface area contributed by atoms with Gasteiger partial charge in [0, 0.05) is 26.2 Å². The van der Waals surface area contributed by atoms with Gasteiger partial charge in [0.2, 0.25) is 5.88 Å². The molecule has 0 saturated carbocycles. The third-order valence-corrected chi connectivity index (χ3v) is 3.47. The van der Waals surface area contributed by atoms with E-state index >= 15 is 0 Å². The molecule has 2 N–H and O–H groups in total. The molecule has 1 aromatic heterocycles. The molecule has 19 heavy (non-hydrogen) atoms. The Bertz CT molecular complexity index is 408. The second kappa shape index (κ2) is 6.39. The van der Waals surface area contributed by atoms with Gasteiger partial charge in [0.25, 0.3) is 0 Å². The molecule has 1 unspecified atom stereocenters. The van der Waals surface area contributed by atoms with Crippen molar-refractivity contribution in [3.63, 3.8) is 0 Å². The Labute approximate surface area is 116 Å². The van der Waals surface area contributed by atoms with E-state index < -0.39 is 0 Å². The molecule has 5 nitrogen and oxygen atoms in total. The summed E-state index contributed by atoms with van der Waals surface area (Å²) in [4.78, 5) is 0. The van der Waals surface area contributed by atoms with Crippen LogP contribution in [0.5, 0.6) is 5.88 Å². The fourth-order valence-electron chi connectivity index (χ4n) is 2.34. The van der Waals surface area contributed by atoms with Crippen LogP contribution in [0.4, 0.5) is 0 Å². The first kappa shape index (κ1) is 16.0. The van der Waals surface area contributed by atoms with Crippen LogP contribution in [0.3, 0.4) is 0 Å². The molecule has 0 saturated heterocycles. The quantitative estimate of drug-likeness (QED) is 0.824. The Morgan fingerprint density at radius 2 is 2.05 bits per heavy atom. The predicted octanol–water partition coefficient (Wildman–Crippen LogP) is 1.62. The summed E-state index contributed by atoms with van der Waals surface area (Å²) in [5.74, 6) is 0.793. The molecule has 0 spiro atoms. The van der Waals surface area contributed by atoms with Gasteiger partial charge in [0.05, 0.1) is 18.4 Å². The summed E-state index contributed by atoms with van der Waals surface area (Å²) in [5, 5.41) is 17.1. The average Bonchev–Trinajstić information content (AvgIpc) is 2.57. The largest absolute Gasteiger partial charge is 0.481 e. The maximum Gasteiger partial charge on any atom is 0.216 e. The van der Waals surface area contributed by atoms with Crippen LogP contribution < -0.4 is 10.1 Å². The number of hydrogen-bond acceptors (Lipinski definition) is 4. The zero-order valence-electron chi connectivity index (χ0n) is 12.9. The molecule has 1 aromatic rings. The van der Waals surface area contributed by atoms with Crippen LogP contribution in [0.15, 0.2) is 0 Å². The Morgan fingerprint density at radius 1 is 1.42 bits per heavy atom. The number of ether oxygens (including phenoxy) is 1. The van der Waals surface area contributed by atoms with Gasteiger partial charge in [-0.3, -0.25) is 0 Å². The summed E-state index contributed by atoms with van der Waals surface area (Å²) in [6.45, 7) is 9.40. The van der Waals surface area contributed by atoms with E-state index in [1.807, 2.05) is 14.0 Å². The number of nitrogens with zero attached hydrogens (tertiary/aromatic N) is 2. The Morgan fingerprint density at radius 3 is 2.53 bits per heavy atom. The van der Waals surface area contributed by atoms with Gasteiger partial charge < -0.3 is 15.2 Å². The van der Waals surface area contributed by atoms with Crippen LogP contribution in [0.25, 0.3) is 0 Å². The molecular weight excluding hydrogens is 242 g/mol. The summed E-state index contributed by atoms with van der Waals surface area (Å²) >= 11 is 0. The number of aromatic nitrogens is 2. The lowest BCUT2D eigenvalue weighted by molar-refractivity contribution is 0.196. The number of hydrogen-bond donors (Lipinski definition) is 2. The van der Waals surface area contributed by atoms with Crippen LogP contribution in [0.1, 0.15) is 38.4 Å². The smallest absolute Gasteiger partial charge is 0.216 e. The highest BCUT2D eigenvalue weighted by molar-refractivity contribution is 5.30. The molecule has 1 atom stereocenters. The van der Waals surface area contributed by atoms with Crippen molar-refractivity contribution >= 4 is 0 Å². The minimum absolute atomic E-state index is 0.103. The monoisotopic (exact) mass is 269 g/mol. The third-order valence-electron chi connectivity index (χ3n) is 3.47. The van der Waals surface area contributed by atoms with Gasteiger partial charge in [-0.15, -0.1) is 0 Å². The van der Waals surface area contributed by atoms with Crippen molar-refractivity contribution in [3.05, 3.63) is 11.3 Å². The van der Waals surface area contributed by atoms with Gasteiger partial charge >= 0.3 is 0 Å². The topological polar surface area (TPSA) is 59.3 Å². The summed E-state index contributed by atoms with van der Waals surface area (Å²) < 4.78 is 7.14. The Balaban J connectivity index is 2.80. The van der Waals surface area contributed by atoms with Gasteiger partial charge in [0.1, 0.15) is 0 Å². The minimum atomic E-state index is 0.103. The van der Waals surface area contributed by atoms with Gasteiger partial charge in [-0.2, -0.15) is 5.10 Å². The van der Waals surface area contributed by atoms with E-state index in [0.717, 1.165) is 23.6 Å². The van der Waals surface area contributed by atoms with Gasteiger partial charge in [-0.25, -0.2) is 4.68 Å². The molecule has 0 aromatic carbocycles. The van der Waals surface area contributed by atoms with E-state index in [2.05, 4.69) is 31.2 Å². The number of rotatable bonds is 6. The fraction of sp³-hybridized carbons (Fsp3) is 0.786.